The summed E-state index contributed by atoms with van der Waals surface area (Å²) in [5, 5.41) is 9.74. The van der Waals surface area contributed by atoms with E-state index in [1.807, 2.05) is 37.3 Å². The van der Waals surface area contributed by atoms with Crippen molar-refractivity contribution in [3.8, 4) is 0 Å². The fourth-order valence-electron chi connectivity index (χ4n) is 2.22. The maximum Gasteiger partial charge on any atom is 0.410 e. The Morgan fingerprint density at radius 3 is 2.72 bits per heavy atom. The van der Waals surface area contributed by atoms with Crippen LogP contribution in [-0.2, 0) is 11.3 Å². The molecule has 18 heavy (non-hydrogen) atoms. The van der Waals surface area contributed by atoms with Crippen molar-refractivity contribution in [1.82, 2.24) is 4.90 Å². The number of ether oxygens (including phenoxy) is 1. The van der Waals surface area contributed by atoms with Crippen molar-refractivity contribution in [2.75, 3.05) is 13.1 Å². The largest absolute Gasteiger partial charge is 0.445 e. The van der Waals surface area contributed by atoms with Gasteiger partial charge < -0.3 is 14.7 Å². The molecule has 1 N–H and O–H groups in total. The minimum atomic E-state index is -0.417. The van der Waals surface area contributed by atoms with Crippen LogP contribution in [0.5, 0.6) is 0 Å². The average Bonchev–Trinajstić information content (AvgIpc) is 2.78. The summed E-state index contributed by atoms with van der Waals surface area (Å²) in [5.74, 6) is 0.175. The number of nitrogens with zero attached hydrogens (tertiary/aromatic N) is 1. The van der Waals surface area contributed by atoms with E-state index < -0.39 is 6.10 Å². The van der Waals surface area contributed by atoms with E-state index in [-0.39, 0.29) is 18.6 Å². The highest BCUT2D eigenvalue weighted by atomic mass is 16.6. The third-order valence-corrected chi connectivity index (χ3v) is 3.39. The predicted octanol–water partition coefficient (Wildman–Crippen LogP) is 2.03. The van der Waals surface area contributed by atoms with Crippen LogP contribution in [0.3, 0.4) is 0 Å². The van der Waals surface area contributed by atoms with Crippen LogP contribution in [0.4, 0.5) is 4.79 Å². The van der Waals surface area contributed by atoms with Gasteiger partial charge in [-0.15, -0.1) is 0 Å². The summed E-state index contributed by atoms with van der Waals surface area (Å²) in [7, 11) is 0. The zero-order valence-electron chi connectivity index (χ0n) is 10.6. The van der Waals surface area contributed by atoms with Gasteiger partial charge in [0.15, 0.2) is 0 Å². The fraction of sp³-hybridized carbons (Fsp3) is 0.500. The molecule has 1 aromatic carbocycles. The lowest BCUT2D eigenvalue weighted by atomic mass is 10.0. The van der Waals surface area contributed by atoms with E-state index in [2.05, 4.69) is 0 Å². The van der Waals surface area contributed by atoms with Crippen LogP contribution < -0.4 is 0 Å². The molecule has 1 heterocycles. The zero-order chi connectivity index (χ0) is 13.0. The second-order valence-corrected chi connectivity index (χ2v) is 4.68. The first-order chi connectivity index (χ1) is 8.70. The Balaban J connectivity index is 1.82. The van der Waals surface area contributed by atoms with Gasteiger partial charge >= 0.3 is 6.09 Å². The summed E-state index contributed by atoms with van der Waals surface area (Å²) in [5.41, 5.74) is 0.970. The number of benzene rings is 1. The molecule has 0 saturated carbocycles. The monoisotopic (exact) mass is 249 g/mol. The molecular weight excluding hydrogens is 230 g/mol. The molecule has 2 atom stereocenters. The molecular formula is C14H19NO3. The van der Waals surface area contributed by atoms with Gasteiger partial charge in [-0.05, 0) is 12.0 Å². The number of likely N-dealkylation sites (tertiary alicyclic amines) is 1. The van der Waals surface area contributed by atoms with Crippen molar-refractivity contribution in [2.24, 2.45) is 5.92 Å². The third kappa shape index (κ3) is 3.01. The Labute approximate surface area is 107 Å². The maximum absolute atomic E-state index is 11.8. The molecule has 1 saturated heterocycles. The Morgan fingerprint density at radius 1 is 1.39 bits per heavy atom. The van der Waals surface area contributed by atoms with Gasteiger partial charge in [-0.1, -0.05) is 37.3 Å². The van der Waals surface area contributed by atoms with Crippen molar-refractivity contribution in [3.63, 3.8) is 0 Å². The molecule has 1 fully saturated rings. The van der Waals surface area contributed by atoms with Crippen molar-refractivity contribution < 1.29 is 14.6 Å². The van der Waals surface area contributed by atoms with E-state index in [9.17, 15) is 9.90 Å². The highest BCUT2D eigenvalue weighted by Crippen LogP contribution is 2.20. The molecule has 1 aliphatic heterocycles. The van der Waals surface area contributed by atoms with E-state index in [4.69, 9.17) is 4.74 Å². The van der Waals surface area contributed by atoms with Gasteiger partial charge in [0.25, 0.3) is 0 Å². The second-order valence-electron chi connectivity index (χ2n) is 4.68. The Hall–Kier alpha value is -1.55. The number of β-amino-alcohol motifs (C(OH)–C–C–N with tert-alkyl or cyclic N) is 1. The summed E-state index contributed by atoms with van der Waals surface area (Å²) in [4.78, 5) is 13.4. The lowest BCUT2D eigenvalue weighted by Crippen LogP contribution is -2.30. The Bertz CT molecular complexity index is 393. The van der Waals surface area contributed by atoms with Crippen LogP contribution in [0, 0.1) is 5.92 Å². The quantitative estimate of drug-likeness (QED) is 0.891. The smallest absolute Gasteiger partial charge is 0.410 e. The van der Waals surface area contributed by atoms with Crippen LogP contribution in [-0.4, -0.2) is 35.3 Å². The van der Waals surface area contributed by atoms with E-state index in [1.54, 1.807) is 4.90 Å². The molecule has 0 unspecified atom stereocenters. The molecule has 4 heteroatoms. The van der Waals surface area contributed by atoms with Gasteiger partial charge in [0.05, 0.1) is 12.6 Å². The highest BCUT2D eigenvalue weighted by molar-refractivity contribution is 5.68. The van der Waals surface area contributed by atoms with Crippen molar-refractivity contribution >= 4 is 6.09 Å². The van der Waals surface area contributed by atoms with Crippen LogP contribution in [0.1, 0.15) is 18.9 Å². The molecule has 98 valence electrons. The molecule has 4 nitrogen and oxygen atoms in total. The zero-order valence-corrected chi connectivity index (χ0v) is 10.6. The van der Waals surface area contributed by atoms with E-state index in [1.165, 1.54) is 0 Å². The predicted molar refractivity (Wildman–Crippen MR) is 68.0 cm³/mol. The maximum atomic E-state index is 11.8. The topological polar surface area (TPSA) is 49.8 Å². The number of carbonyl (C=O) groups is 1. The van der Waals surface area contributed by atoms with E-state index in [0.717, 1.165) is 12.0 Å². The normalized spacial score (nSPS) is 23.1. The summed E-state index contributed by atoms with van der Waals surface area (Å²) >= 11 is 0. The van der Waals surface area contributed by atoms with Gasteiger partial charge in [-0.3, -0.25) is 0 Å². The van der Waals surface area contributed by atoms with Gasteiger partial charge in [-0.25, -0.2) is 4.79 Å². The van der Waals surface area contributed by atoms with Gasteiger partial charge in [0.2, 0.25) is 0 Å². The number of hydrogen-bond donors (Lipinski definition) is 1. The first-order valence-corrected chi connectivity index (χ1v) is 6.34. The first-order valence-electron chi connectivity index (χ1n) is 6.34. The molecule has 0 radical (unpaired) electrons. The fourth-order valence-corrected chi connectivity index (χ4v) is 2.22. The van der Waals surface area contributed by atoms with Crippen LogP contribution in [0.25, 0.3) is 0 Å². The number of carbonyl (C=O) groups excluding carboxylic acids is 1. The first kappa shape index (κ1) is 12.9. The molecule has 0 spiro atoms. The summed E-state index contributed by atoms with van der Waals surface area (Å²) < 4.78 is 5.23. The lowest BCUT2D eigenvalue weighted by molar-refractivity contribution is 0.0966. The summed E-state index contributed by atoms with van der Waals surface area (Å²) in [6, 6.07) is 9.59. The summed E-state index contributed by atoms with van der Waals surface area (Å²) in [6.07, 6.45) is 0.122. The van der Waals surface area contributed by atoms with Crippen LogP contribution >= 0.6 is 0 Å². The number of rotatable bonds is 3. The minimum Gasteiger partial charge on any atom is -0.445 e. The van der Waals surface area contributed by atoms with Crippen LogP contribution in [0.2, 0.25) is 0 Å². The molecule has 0 aromatic heterocycles. The molecule has 2 rings (SSSR count). The lowest BCUT2D eigenvalue weighted by Gasteiger charge is -2.15. The van der Waals surface area contributed by atoms with Crippen molar-refractivity contribution in [2.45, 2.75) is 26.1 Å². The highest BCUT2D eigenvalue weighted by Gasteiger charge is 2.33. The Kier molecular flexibility index (Phi) is 4.20. The molecule has 1 amide bonds. The second kappa shape index (κ2) is 5.87. The molecule has 1 aliphatic rings. The number of hydrogen-bond acceptors (Lipinski definition) is 3. The molecule has 0 bridgehead atoms. The number of amides is 1. The van der Waals surface area contributed by atoms with Gasteiger partial charge in [0, 0.05) is 12.5 Å². The van der Waals surface area contributed by atoms with Crippen molar-refractivity contribution in [3.05, 3.63) is 35.9 Å². The molecule has 0 aliphatic carbocycles. The standard InChI is InChI=1S/C14H19NO3/c1-2-12-8-15(9-13(12)16)14(17)18-10-11-6-4-3-5-7-11/h3-7,12-13,16H,2,8-10H2,1H3/t12-,13+/m0/s1. The average molecular weight is 249 g/mol. The van der Waals surface area contributed by atoms with Gasteiger partial charge in [-0.2, -0.15) is 0 Å². The number of aliphatic hydroxyl groups excluding tert-OH is 1. The number of aliphatic hydroxyl groups is 1. The minimum absolute atomic E-state index is 0.175. The van der Waals surface area contributed by atoms with E-state index in [0.29, 0.717) is 13.1 Å². The van der Waals surface area contributed by atoms with Gasteiger partial charge in [0.1, 0.15) is 6.61 Å². The SMILES string of the molecule is CC[C@H]1CN(C(=O)OCc2ccccc2)C[C@H]1O. The summed E-state index contributed by atoms with van der Waals surface area (Å²) in [6.45, 7) is 3.27. The van der Waals surface area contributed by atoms with E-state index >= 15 is 0 Å². The van der Waals surface area contributed by atoms with Crippen molar-refractivity contribution in [1.29, 1.82) is 0 Å². The third-order valence-electron chi connectivity index (χ3n) is 3.39. The molecule has 1 aromatic rings. The Morgan fingerprint density at radius 2 is 2.11 bits per heavy atom. The van der Waals surface area contributed by atoms with Crippen LogP contribution in [0.15, 0.2) is 30.3 Å².